The first kappa shape index (κ1) is 42.4. The number of terminal acetylenes is 2. The monoisotopic (exact) mass is 832 g/mol. The molecule has 3 unspecified atom stereocenters. The number of carboxylic acid groups (broad SMARTS) is 1. The van der Waals surface area contributed by atoms with E-state index in [1.807, 2.05) is 18.7 Å². The maximum atomic E-state index is 17.4. The molecule has 16 heteroatoms. The molecule has 11 nitrogen and oxygen atoms in total. The summed E-state index contributed by atoms with van der Waals surface area (Å²) in [6.45, 7) is 6.05. The van der Waals surface area contributed by atoms with E-state index < -0.39 is 54.1 Å². The fraction of sp³-hybridized carbons (Fsp3) is 0.477. The van der Waals surface area contributed by atoms with Gasteiger partial charge >= 0.3 is 6.01 Å². The van der Waals surface area contributed by atoms with Crippen molar-refractivity contribution in [1.82, 2.24) is 24.8 Å². The summed E-state index contributed by atoms with van der Waals surface area (Å²) in [5, 5.41) is 18.2. The number of phenols is 1. The standard InChI is InChI=1S/C43H43F5N6O3.CH2O2/c1-5-26-20-53(21-27(6-2)54(26)40(56)31-19-43(31,47)48)39-35-33(8-4)49-37(30-18-28(55)17-24-9-10-32(45)29(7-3)34(24)30)36(46)38(35)50-41(51-39)57-23-42(13-14-42)22-52-15-11-25(44)12-16-52;2-1-3/h3-4,9-10,17-18,25-27,31,55H,5-6,11-16,19-23H2,1-2H3;1H,(H,2,3). The van der Waals surface area contributed by atoms with E-state index in [0.29, 0.717) is 50.7 Å². The van der Waals surface area contributed by atoms with Crippen LogP contribution in [0.3, 0.4) is 0 Å². The second kappa shape index (κ2) is 16.7. The number of carbonyl (C=O) groups is 2. The molecule has 2 saturated heterocycles. The summed E-state index contributed by atoms with van der Waals surface area (Å²) in [4.78, 5) is 41.5. The zero-order valence-corrected chi connectivity index (χ0v) is 33.2. The minimum atomic E-state index is -3.03. The van der Waals surface area contributed by atoms with Gasteiger partial charge in [0.2, 0.25) is 5.91 Å². The van der Waals surface area contributed by atoms with Crippen molar-refractivity contribution in [2.24, 2.45) is 11.3 Å². The van der Waals surface area contributed by atoms with Crippen molar-refractivity contribution in [1.29, 1.82) is 0 Å². The Hall–Kier alpha value is -5.74. The third-order valence-electron chi connectivity index (χ3n) is 12.1. The van der Waals surface area contributed by atoms with E-state index in [9.17, 15) is 23.1 Å². The highest BCUT2D eigenvalue weighted by atomic mass is 19.3. The van der Waals surface area contributed by atoms with Crippen molar-refractivity contribution in [2.75, 3.05) is 44.2 Å². The average Bonchev–Trinajstić information content (AvgIpc) is 4.15. The molecule has 60 heavy (non-hydrogen) atoms. The van der Waals surface area contributed by atoms with Crippen molar-refractivity contribution in [3.63, 3.8) is 0 Å². The molecule has 4 aliphatic rings. The van der Waals surface area contributed by atoms with Gasteiger partial charge in [0, 0.05) is 67.6 Å². The number of fused-ring (bicyclic) bond motifs is 2. The molecule has 2 aliphatic carbocycles. The molecular formula is C44H45F5N6O5. The van der Waals surface area contributed by atoms with Gasteiger partial charge in [-0.15, -0.1) is 12.8 Å². The van der Waals surface area contributed by atoms with E-state index in [1.165, 1.54) is 18.2 Å². The van der Waals surface area contributed by atoms with E-state index >= 15 is 8.78 Å². The Labute approximate surface area is 343 Å². The fourth-order valence-corrected chi connectivity index (χ4v) is 8.64. The van der Waals surface area contributed by atoms with Crippen LogP contribution in [0.1, 0.15) is 70.1 Å². The molecule has 2 aromatic carbocycles. The number of likely N-dealkylation sites (tertiary alicyclic amines) is 1. The van der Waals surface area contributed by atoms with Crippen LogP contribution in [0, 0.1) is 47.7 Å². The fourth-order valence-electron chi connectivity index (χ4n) is 8.64. The van der Waals surface area contributed by atoms with E-state index in [4.69, 9.17) is 32.5 Å². The predicted molar refractivity (Wildman–Crippen MR) is 214 cm³/mol. The van der Waals surface area contributed by atoms with Gasteiger partial charge in [-0.25, -0.2) is 26.9 Å². The molecule has 0 radical (unpaired) electrons. The number of amides is 1. The summed E-state index contributed by atoms with van der Waals surface area (Å²) in [6, 6.07) is 4.09. The number of nitrogens with zero attached hydrogens (tertiary/aromatic N) is 6. The van der Waals surface area contributed by atoms with Crippen LogP contribution in [-0.2, 0) is 9.59 Å². The van der Waals surface area contributed by atoms with Gasteiger partial charge in [-0.05, 0) is 68.0 Å². The number of rotatable bonds is 10. The Kier molecular flexibility index (Phi) is 11.8. The molecular weight excluding hydrogens is 788 g/mol. The van der Waals surface area contributed by atoms with Crippen LogP contribution >= 0.6 is 0 Å². The number of anilines is 1. The van der Waals surface area contributed by atoms with Crippen molar-refractivity contribution in [3.8, 4) is 47.7 Å². The lowest BCUT2D eigenvalue weighted by Crippen LogP contribution is -2.61. The Morgan fingerprint density at radius 3 is 2.23 bits per heavy atom. The van der Waals surface area contributed by atoms with Crippen molar-refractivity contribution >= 4 is 39.9 Å². The second-order valence-electron chi connectivity index (χ2n) is 16.1. The lowest BCUT2D eigenvalue weighted by molar-refractivity contribution is -0.141. The maximum absolute atomic E-state index is 17.4. The normalized spacial score (nSPS) is 22.1. The molecule has 3 atom stereocenters. The molecule has 4 aromatic rings. The molecule has 2 aromatic heterocycles. The van der Waals surface area contributed by atoms with Crippen molar-refractivity contribution in [3.05, 3.63) is 47.2 Å². The maximum Gasteiger partial charge on any atom is 0.319 e. The number of pyridine rings is 1. The lowest BCUT2D eigenvalue weighted by Gasteiger charge is -2.47. The van der Waals surface area contributed by atoms with Crippen molar-refractivity contribution in [2.45, 2.75) is 83.0 Å². The SMILES string of the molecule is C#Cc1c(F)ccc2cc(O)cc(-c3nc(C#C)c4c(N5CC(CC)N(C(=O)C6CC6(F)F)C(CC)C5)nc(OCC5(CN6CCC(F)CC6)CC5)nc4c3F)c12.O=CO. The number of phenolic OH excluding ortho intramolecular Hbond substituents is 1. The van der Waals surface area contributed by atoms with Crippen LogP contribution in [0.2, 0.25) is 0 Å². The quantitative estimate of drug-likeness (QED) is 0.0984. The molecule has 0 bridgehead atoms. The number of benzene rings is 2. The number of piperazine rings is 1. The Morgan fingerprint density at radius 1 is 1.02 bits per heavy atom. The van der Waals surface area contributed by atoms with Crippen LogP contribution in [-0.4, -0.2) is 111 Å². The lowest BCUT2D eigenvalue weighted by atomic mass is 9.95. The third kappa shape index (κ3) is 8.09. The number of hydrogen-bond donors (Lipinski definition) is 2. The van der Waals surface area contributed by atoms with E-state index in [0.717, 1.165) is 18.9 Å². The number of hydrogen-bond acceptors (Lipinski definition) is 9. The summed E-state index contributed by atoms with van der Waals surface area (Å²) in [6.07, 6.45) is 14.1. The van der Waals surface area contributed by atoms with Crippen molar-refractivity contribution < 1.29 is 46.5 Å². The number of alkyl halides is 3. The van der Waals surface area contributed by atoms with Gasteiger partial charge in [0.25, 0.3) is 12.4 Å². The van der Waals surface area contributed by atoms with E-state index in [2.05, 4.69) is 26.7 Å². The highest BCUT2D eigenvalue weighted by Crippen LogP contribution is 2.51. The highest BCUT2D eigenvalue weighted by Gasteiger charge is 2.63. The average molecular weight is 833 g/mol. The van der Waals surface area contributed by atoms with E-state index in [-0.39, 0.29) is 88.0 Å². The zero-order chi connectivity index (χ0) is 43.1. The molecule has 0 spiro atoms. The summed E-state index contributed by atoms with van der Waals surface area (Å²) in [5.41, 5.74) is -1.01. The number of carbonyl (C=O) groups excluding carboxylic acids is 1. The van der Waals surface area contributed by atoms with Gasteiger partial charge < -0.3 is 29.6 Å². The molecule has 8 rings (SSSR count). The largest absolute Gasteiger partial charge is 0.508 e. The number of aromatic nitrogens is 3. The molecule has 2 aliphatic heterocycles. The number of piperidine rings is 1. The van der Waals surface area contributed by atoms with Gasteiger partial charge in [0.15, 0.2) is 5.82 Å². The van der Waals surface area contributed by atoms with Crippen LogP contribution in [0.4, 0.5) is 27.8 Å². The number of halogens is 5. The van der Waals surface area contributed by atoms with E-state index in [1.54, 1.807) is 4.90 Å². The van der Waals surface area contributed by atoms with Gasteiger partial charge in [-0.2, -0.15) is 9.97 Å². The smallest absolute Gasteiger partial charge is 0.319 e. The number of ether oxygens (including phenoxy) is 1. The summed E-state index contributed by atoms with van der Waals surface area (Å²) in [5.74, 6) is -1.80. The Bertz CT molecular complexity index is 2390. The van der Waals surface area contributed by atoms with Gasteiger partial charge in [-0.1, -0.05) is 25.8 Å². The molecule has 2 saturated carbocycles. The molecule has 4 fully saturated rings. The zero-order valence-electron chi connectivity index (χ0n) is 33.2. The van der Waals surface area contributed by atoms with Crippen LogP contribution in [0.5, 0.6) is 11.8 Å². The number of aromatic hydroxyl groups is 1. The van der Waals surface area contributed by atoms with Gasteiger partial charge in [-0.3, -0.25) is 9.59 Å². The Balaban J connectivity index is 0.00000176. The first-order valence-corrected chi connectivity index (χ1v) is 20.0. The third-order valence-corrected chi connectivity index (χ3v) is 12.1. The van der Waals surface area contributed by atoms with Crippen LogP contribution < -0.4 is 9.64 Å². The first-order valence-electron chi connectivity index (χ1n) is 20.0. The first-order chi connectivity index (χ1) is 28.7. The summed E-state index contributed by atoms with van der Waals surface area (Å²) >= 11 is 0. The van der Waals surface area contributed by atoms with Crippen LogP contribution in [0.15, 0.2) is 24.3 Å². The van der Waals surface area contributed by atoms with Crippen LogP contribution in [0.25, 0.3) is 32.9 Å². The molecule has 2 N–H and O–H groups in total. The predicted octanol–water partition coefficient (Wildman–Crippen LogP) is 6.95. The summed E-state index contributed by atoms with van der Waals surface area (Å²) < 4.78 is 81.0. The Morgan fingerprint density at radius 2 is 1.67 bits per heavy atom. The molecule has 316 valence electrons. The molecule has 1 amide bonds. The topological polar surface area (TPSA) is 132 Å². The van der Waals surface area contributed by atoms with Gasteiger partial charge in [0.1, 0.15) is 46.4 Å². The highest BCUT2D eigenvalue weighted by molar-refractivity contribution is 6.04. The van der Waals surface area contributed by atoms with Gasteiger partial charge in [0.05, 0.1) is 17.6 Å². The minimum Gasteiger partial charge on any atom is -0.508 e. The second-order valence-corrected chi connectivity index (χ2v) is 16.1. The minimum absolute atomic E-state index is 0.00828. The summed E-state index contributed by atoms with van der Waals surface area (Å²) in [7, 11) is 0. The molecule has 4 heterocycles.